The molecule has 0 N–H and O–H groups in total. The Hall–Kier alpha value is 0.227. The summed E-state index contributed by atoms with van der Waals surface area (Å²) in [5.74, 6) is 0. The van der Waals surface area contributed by atoms with Gasteiger partial charge in [0.2, 0.25) is 0 Å². The fourth-order valence-electron chi connectivity index (χ4n) is 0.666. The lowest BCUT2D eigenvalue weighted by molar-refractivity contribution is 0.238. The molecule has 0 fully saturated rings. The van der Waals surface area contributed by atoms with Gasteiger partial charge < -0.3 is 9.05 Å². The highest BCUT2D eigenvalue weighted by molar-refractivity contribution is 7.52. The molecule has 0 rings (SSSR count). The zero-order valence-electron chi connectivity index (χ0n) is 8.05. The molecule has 0 aliphatic rings. The Bertz CT molecular complexity index is 195. The molecule has 1 unspecified atom stereocenters. The predicted octanol–water partition coefficient (Wildman–Crippen LogP) is 2.87. The molecule has 0 radical (unpaired) electrons. The molecule has 0 amide bonds. The normalized spacial score (nSPS) is 17.0. The van der Waals surface area contributed by atoms with Crippen molar-refractivity contribution in [3.8, 4) is 0 Å². The van der Waals surface area contributed by atoms with Crippen LogP contribution in [0.15, 0.2) is 0 Å². The van der Waals surface area contributed by atoms with Gasteiger partial charge in [0.15, 0.2) is 0 Å². The van der Waals surface area contributed by atoms with Crippen molar-refractivity contribution in [2.45, 2.75) is 19.0 Å². The van der Waals surface area contributed by atoms with Gasteiger partial charge in [0, 0.05) is 19.8 Å². The molecule has 7 heteroatoms. The van der Waals surface area contributed by atoms with Gasteiger partial charge in [-0.1, -0.05) is 0 Å². The lowest BCUT2D eigenvalue weighted by Gasteiger charge is -2.11. The van der Waals surface area contributed by atoms with E-state index in [1.807, 2.05) is 0 Å². The zero-order valence-corrected chi connectivity index (χ0v) is 9.94. The molecule has 3 nitrogen and oxygen atoms in total. The van der Waals surface area contributed by atoms with Crippen LogP contribution in [0, 0.1) is 0 Å². The van der Waals surface area contributed by atoms with Gasteiger partial charge in [0.1, 0.15) is 0 Å². The second kappa shape index (κ2) is 5.19. The van der Waals surface area contributed by atoms with E-state index in [4.69, 9.17) is 4.52 Å². The summed E-state index contributed by atoms with van der Waals surface area (Å²) in [7, 11) is -5.69. The first-order valence-corrected chi connectivity index (χ1v) is 8.38. The van der Waals surface area contributed by atoms with E-state index in [1.165, 1.54) is 13.8 Å². The van der Waals surface area contributed by atoms with Crippen LogP contribution in [0.5, 0.6) is 0 Å². The molecule has 0 aliphatic carbocycles. The van der Waals surface area contributed by atoms with Crippen LogP contribution in [0.4, 0.5) is 8.22 Å². The second-order valence-corrected chi connectivity index (χ2v) is 7.77. The minimum Gasteiger partial charge on any atom is -0.312 e. The highest BCUT2D eigenvalue weighted by atomic mass is 31.2. The Kier molecular flexibility index (Phi) is 5.28. The molecule has 0 aliphatic heterocycles. The van der Waals surface area contributed by atoms with Crippen LogP contribution >= 0.6 is 7.60 Å². The molecule has 80 valence electrons. The Morgan fingerprint density at radius 1 is 1.46 bits per heavy atom. The van der Waals surface area contributed by atoms with Gasteiger partial charge in [-0.05, 0) is 13.0 Å². The molecule has 0 saturated heterocycles. The van der Waals surface area contributed by atoms with E-state index in [2.05, 4.69) is 4.52 Å². The molecule has 13 heavy (non-hydrogen) atoms. The number of hydrogen-bond acceptors (Lipinski definition) is 3. The van der Waals surface area contributed by atoms with E-state index in [-0.39, 0.29) is 19.1 Å². The van der Waals surface area contributed by atoms with E-state index >= 15 is 0 Å². The minimum atomic E-state index is -3.97. The molecule has 1 atom stereocenters. The molecule has 0 saturated carbocycles. The summed E-state index contributed by atoms with van der Waals surface area (Å²) in [6, 6.07) is -0.128. The van der Waals surface area contributed by atoms with Crippen molar-refractivity contribution < 1.29 is 21.8 Å². The van der Waals surface area contributed by atoms with Crippen LogP contribution in [0.25, 0.3) is 0 Å². The average molecular weight is 232 g/mol. The summed E-state index contributed by atoms with van der Waals surface area (Å²) in [6.45, 7) is 2.36. The number of rotatable bonds is 6. The van der Waals surface area contributed by atoms with E-state index in [1.54, 1.807) is 0 Å². The summed E-state index contributed by atoms with van der Waals surface area (Å²) >= 11 is 0. The minimum absolute atomic E-state index is 0.0675. The summed E-state index contributed by atoms with van der Waals surface area (Å²) < 4.78 is 45.2. The third-order valence-electron chi connectivity index (χ3n) is 1.42. The maximum Gasteiger partial charge on any atom is 0.422 e. The van der Waals surface area contributed by atoms with Gasteiger partial charge in [0.05, 0.1) is 6.61 Å². The van der Waals surface area contributed by atoms with E-state index in [0.29, 0.717) is 0 Å². The van der Waals surface area contributed by atoms with Gasteiger partial charge in [-0.2, -0.15) is 0 Å². The summed E-state index contributed by atoms with van der Waals surface area (Å²) in [4.78, 5) is 0. The molecular weight excluding hydrogens is 217 g/mol. The van der Waals surface area contributed by atoms with Crippen molar-refractivity contribution in [1.82, 2.24) is 0 Å². The zero-order chi connectivity index (χ0) is 10.5. The molecule has 0 aromatic carbocycles. The van der Waals surface area contributed by atoms with Crippen molar-refractivity contribution in [3.63, 3.8) is 0 Å². The number of hydrogen-bond donors (Lipinski definition) is 0. The van der Waals surface area contributed by atoms with Crippen LogP contribution in [0.3, 0.4) is 0 Å². The third kappa shape index (κ3) is 8.55. The molecule has 0 aromatic rings. The van der Waals surface area contributed by atoms with Crippen molar-refractivity contribution in [3.05, 3.63) is 0 Å². The van der Waals surface area contributed by atoms with Gasteiger partial charge >= 0.3 is 16.3 Å². The first-order chi connectivity index (χ1) is 5.77. The lowest BCUT2D eigenvalue weighted by Crippen LogP contribution is -2.16. The van der Waals surface area contributed by atoms with Crippen LogP contribution in [-0.2, 0) is 13.6 Å². The topological polar surface area (TPSA) is 35.5 Å². The maximum absolute atomic E-state index is 12.4. The van der Waals surface area contributed by atoms with E-state index in [0.717, 1.165) is 6.55 Å². The summed E-state index contributed by atoms with van der Waals surface area (Å²) in [6.07, 6.45) is 0.233. The first-order valence-electron chi connectivity index (χ1n) is 3.92. The van der Waals surface area contributed by atoms with Gasteiger partial charge in [-0.3, -0.25) is 12.8 Å². The standard InChI is InChI=1S/C6H15F2O3PSi/c1-10-12(2,9)11-5-4-6-13(3,7)8/h4-6H2,1-3H3. The Labute approximate surface area is 78.3 Å². The molecule has 0 heterocycles. The van der Waals surface area contributed by atoms with Gasteiger partial charge in [-0.25, -0.2) is 0 Å². The number of halogens is 2. The van der Waals surface area contributed by atoms with Crippen molar-refractivity contribution in [2.75, 3.05) is 20.4 Å². The highest BCUT2D eigenvalue weighted by Gasteiger charge is 2.27. The highest BCUT2D eigenvalue weighted by Crippen LogP contribution is 2.42. The smallest absolute Gasteiger partial charge is 0.312 e. The SMILES string of the molecule is COP(C)(=O)OCCC[Si](C)(F)F. The van der Waals surface area contributed by atoms with Crippen molar-refractivity contribution >= 4 is 16.3 Å². The average Bonchev–Trinajstić information content (AvgIpc) is 1.97. The quantitative estimate of drug-likeness (QED) is 0.306. The van der Waals surface area contributed by atoms with Gasteiger partial charge in [0.25, 0.3) is 0 Å². The Morgan fingerprint density at radius 3 is 2.38 bits per heavy atom. The van der Waals surface area contributed by atoms with Crippen LogP contribution in [0.2, 0.25) is 12.6 Å². The van der Waals surface area contributed by atoms with Crippen LogP contribution in [-0.4, -0.2) is 29.1 Å². The lowest BCUT2D eigenvalue weighted by atomic mass is 10.5. The van der Waals surface area contributed by atoms with Crippen molar-refractivity contribution in [1.29, 1.82) is 0 Å². The summed E-state index contributed by atoms with van der Waals surface area (Å²) in [5.41, 5.74) is 0. The predicted molar refractivity (Wildman–Crippen MR) is 49.7 cm³/mol. The second-order valence-electron chi connectivity index (χ2n) is 2.96. The maximum atomic E-state index is 12.4. The van der Waals surface area contributed by atoms with E-state index < -0.39 is 16.3 Å². The van der Waals surface area contributed by atoms with Crippen molar-refractivity contribution in [2.24, 2.45) is 0 Å². The third-order valence-corrected chi connectivity index (χ3v) is 3.96. The van der Waals surface area contributed by atoms with E-state index in [9.17, 15) is 12.8 Å². The molecular formula is C6H15F2O3PSi. The van der Waals surface area contributed by atoms with Crippen LogP contribution in [0.1, 0.15) is 6.42 Å². The fraction of sp³-hybridized carbons (Fsp3) is 1.00. The van der Waals surface area contributed by atoms with Crippen LogP contribution < -0.4 is 0 Å². The fourth-order valence-corrected chi connectivity index (χ4v) is 2.00. The summed E-state index contributed by atoms with van der Waals surface area (Å²) in [5, 5.41) is 0. The first kappa shape index (κ1) is 13.2. The monoisotopic (exact) mass is 232 g/mol. The largest absolute Gasteiger partial charge is 0.422 e. The Balaban J connectivity index is 3.53. The molecule has 0 aromatic heterocycles. The molecule has 0 spiro atoms. The Morgan fingerprint density at radius 2 is 2.00 bits per heavy atom. The van der Waals surface area contributed by atoms with Gasteiger partial charge in [-0.15, -0.1) is 0 Å². The molecule has 0 bridgehead atoms.